The van der Waals surface area contributed by atoms with Crippen molar-refractivity contribution in [3.8, 4) is 5.75 Å². The summed E-state index contributed by atoms with van der Waals surface area (Å²) in [5.41, 5.74) is 0.0368. The van der Waals surface area contributed by atoms with Gasteiger partial charge in [-0.05, 0) is 29.8 Å². The van der Waals surface area contributed by atoms with E-state index < -0.39 is 23.6 Å². The molecule has 0 aromatic heterocycles. The highest BCUT2D eigenvalue weighted by Crippen LogP contribution is 2.27. The van der Waals surface area contributed by atoms with E-state index in [9.17, 15) is 18.3 Å². The van der Waals surface area contributed by atoms with Crippen LogP contribution in [0.2, 0.25) is 0 Å². The van der Waals surface area contributed by atoms with Crippen molar-refractivity contribution >= 4 is 0 Å². The molecule has 100 valence electrons. The molecule has 2 aromatic rings. The van der Waals surface area contributed by atoms with Gasteiger partial charge >= 0.3 is 0 Å². The number of hydrogen-bond donors (Lipinski definition) is 1. The summed E-state index contributed by atoms with van der Waals surface area (Å²) in [7, 11) is 1.39. The molecule has 1 atom stereocenters. The van der Waals surface area contributed by atoms with Gasteiger partial charge in [0, 0.05) is 11.6 Å². The van der Waals surface area contributed by atoms with E-state index in [0.717, 1.165) is 18.2 Å². The van der Waals surface area contributed by atoms with Crippen LogP contribution in [0.25, 0.3) is 0 Å². The third-order valence-electron chi connectivity index (χ3n) is 2.76. The zero-order valence-corrected chi connectivity index (χ0v) is 10.0. The van der Waals surface area contributed by atoms with Gasteiger partial charge in [-0.3, -0.25) is 0 Å². The fraction of sp³-hybridized carbons (Fsp3) is 0.143. The van der Waals surface area contributed by atoms with Crippen LogP contribution >= 0.6 is 0 Å². The third-order valence-corrected chi connectivity index (χ3v) is 2.76. The van der Waals surface area contributed by atoms with Gasteiger partial charge in [-0.15, -0.1) is 0 Å². The average Bonchev–Trinajstić information content (AvgIpc) is 2.41. The largest absolute Gasteiger partial charge is 0.497 e. The monoisotopic (exact) mass is 268 g/mol. The summed E-state index contributed by atoms with van der Waals surface area (Å²) in [5, 5.41) is 9.98. The molecule has 19 heavy (non-hydrogen) atoms. The normalized spacial score (nSPS) is 12.3. The number of rotatable bonds is 3. The van der Waals surface area contributed by atoms with Crippen molar-refractivity contribution in [1.29, 1.82) is 0 Å². The van der Waals surface area contributed by atoms with Gasteiger partial charge in [0.2, 0.25) is 0 Å². The quantitative estimate of drug-likeness (QED) is 0.926. The van der Waals surface area contributed by atoms with E-state index in [1.54, 1.807) is 0 Å². The molecule has 0 saturated carbocycles. The molecule has 1 N–H and O–H groups in total. The van der Waals surface area contributed by atoms with Crippen LogP contribution in [0.3, 0.4) is 0 Å². The van der Waals surface area contributed by atoms with E-state index in [2.05, 4.69) is 0 Å². The van der Waals surface area contributed by atoms with Gasteiger partial charge < -0.3 is 9.84 Å². The van der Waals surface area contributed by atoms with Crippen LogP contribution < -0.4 is 4.74 Å². The van der Waals surface area contributed by atoms with E-state index in [4.69, 9.17) is 4.74 Å². The molecule has 2 rings (SSSR count). The molecule has 5 heteroatoms. The van der Waals surface area contributed by atoms with Crippen molar-refractivity contribution in [2.24, 2.45) is 0 Å². The zero-order chi connectivity index (χ0) is 14.0. The Bertz CT molecular complexity index is 599. The highest BCUT2D eigenvalue weighted by molar-refractivity contribution is 5.35. The second kappa shape index (κ2) is 5.32. The fourth-order valence-corrected chi connectivity index (χ4v) is 1.72. The lowest BCUT2D eigenvalue weighted by molar-refractivity contribution is 0.214. The number of hydrogen-bond acceptors (Lipinski definition) is 2. The molecular formula is C14H11F3O2. The smallest absolute Gasteiger partial charge is 0.159 e. The van der Waals surface area contributed by atoms with E-state index in [1.165, 1.54) is 25.3 Å². The molecule has 2 aromatic carbocycles. The number of halogens is 3. The van der Waals surface area contributed by atoms with E-state index in [-0.39, 0.29) is 11.1 Å². The van der Waals surface area contributed by atoms with Crippen LogP contribution in [0.1, 0.15) is 17.2 Å². The second-order valence-corrected chi connectivity index (χ2v) is 3.96. The first-order valence-electron chi connectivity index (χ1n) is 5.49. The molecule has 0 aliphatic heterocycles. The molecule has 0 aliphatic carbocycles. The summed E-state index contributed by atoms with van der Waals surface area (Å²) in [6.45, 7) is 0. The van der Waals surface area contributed by atoms with Crippen LogP contribution in [0.5, 0.6) is 5.75 Å². The average molecular weight is 268 g/mol. The highest BCUT2D eigenvalue weighted by atomic mass is 19.2. The molecule has 1 unspecified atom stereocenters. The summed E-state index contributed by atoms with van der Waals surface area (Å²) in [6.07, 6.45) is -1.37. The lowest BCUT2D eigenvalue weighted by Crippen LogP contribution is -2.04. The topological polar surface area (TPSA) is 29.5 Å². The maximum atomic E-state index is 13.7. The van der Waals surface area contributed by atoms with Gasteiger partial charge in [0.05, 0.1) is 7.11 Å². The molecule has 0 aliphatic rings. The summed E-state index contributed by atoms with van der Waals surface area (Å²) in [6, 6.07) is 6.84. The minimum atomic E-state index is -1.37. The molecule has 0 bridgehead atoms. The molecule has 0 fully saturated rings. The Morgan fingerprint density at radius 2 is 1.68 bits per heavy atom. The maximum absolute atomic E-state index is 13.7. The van der Waals surface area contributed by atoms with Crippen molar-refractivity contribution in [3.63, 3.8) is 0 Å². The summed E-state index contributed by atoms with van der Waals surface area (Å²) >= 11 is 0. The molecule has 0 saturated heterocycles. The van der Waals surface area contributed by atoms with E-state index in [1.807, 2.05) is 0 Å². The molecule has 0 amide bonds. The predicted octanol–water partition coefficient (Wildman–Crippen LogP) is 3.19. The van der Waals surface area contributed by atoms with Gasteiger partial charge in [0.15, 0.2) is 11.6 Å². The van der Waals surface area contributed by atoms with Crippen LogP contribution in [-0.4, -0.2) is 12.2 Å². The first-order chi connectivity index (χ1) is 9.02. The SMILES string of the molecule is COc1ccc(C(O)c2ccc(F)c(F)c2)c(F)c1. The first-order valence-corrected chi connectivity index (χ1v) is 5.49. The van der Waals surface area contributed by atoms with Crippen molar-refractivity contribution in [1.82, 2.24) is 0 Å². The minimum Gasteiger partial charge on any atom is -0.497 e. The fourth-order valence-electron chi connectivity index (χ4n) is 1.72. The van der Waals surface area contributed by atoms with Crippen molar-refractivity contribution in [2.45, 2.75) is 6.10 Å². The molecule has 0 spiro atoms. The molecule has 2 nitrogen and oxygen atoms in total. The van der Waals surface area contributed by atoms with Gasteiger partial charge in [0.25, 0.3) is 0 Å². The highest BCUT2D eigenvalue weighted by Gasteiger charge is 2.17. The standard InChI is InChI=1S/C14H11F3O2/c1-19-9-3-4-10(12(16)7-9)14(18)8-2-5-11(15)13(17)6-8/h2-7,14,18H,1H3. The zero-order valence-electron chi connectivity index (χ0n) is 10.0. The van der Waals surface area contributed by atoms with Gasteiger partial charge in [-0.2, -0.15) is 0 Å². The number of benzene rings is 2. The Kier molecular flexibility index (Phi) is 3.76. The Hall–Kier alpha value is -2.01. The Labute approximate surface area is 108 Å². The van der Waals surface area contributed by atoms with Gasteiger partial charge in [-0.25, -0.2) is 13.2 Å². The van der Waals surface area contributed by atoms with Crippen LogP contribution in [0, 0.1) is 17.5 Å². The van der Waals surface area contributed by atoms with E-state index in [0.29, 0.717) is 5.75 Å². The minimum absolute atomic E-state index is 0.0354. The third kappa shape index (κ3) is 2.71. The number of aliphatic hydroxyl groups excluding tert-OH is 1. The predicted molar refractivity (Wildman–Crippen MR) is 63.4 cm³/mol. The molecule has 0 radical (unpaired) electrons. The van der Waals surface area contributed by atoms with Gasteiger partial charge in [-0.1, -0.05) is 6.07 Å². The lowest BCUT2D eigenvalue weighted by Gasteiger charge is -2.13. The van der Waals surface area contributed by atoms with Crippen molar-refractivity contribution < 1.29 is 23.0 Å². The van der Waals surface area contributed by atoms with Crippen molar-refractivity contribution in [3.05, 3.63) is 65.0 Å². The number of aliphatic hydroxyl groups is 1. The maximum Gasteiger partial charge on any atom is 0.159 e. The lowest BCUT2D eigenvalue weighted by atomic mass is 10.0. The second-order valence-electron chi connectivity index (χ2n) is 3.96. The summed E-state index contributed by atoms with van der Waals surface area (Å²) in [4.78, 5) is 0. The van der Waals surface area contributed by atoms with Gasteiger partial charge in [0.1, 0.15) is 17.7 Å². The Balaban J connectivity index is 2.38. The van der Waals surface area contributed by atoms with E-state index >= 15 is 0 Å². The molecule has 0 heterocycles. The number of ether oxygens (including phenoxy) is 1. The summed E-state index contributed by atoms with van der Waals surface area (Å²) < 4.78 is 44.5. The summed E-state index contributed by atoms with van der Waals surface area (Å²) in [5.74, 6) is -2.49. The van der Waals surface area contributed by atoms with Crippen LogP contribution in [-0.2, 0) is 0 Å². The molecular weight excluding hydrogens is 257 g/mol. The Morgan fingerprint density at radius 1 is 0.947 bits per heavy atom. The van der Waals surface area contributed by atoms with Crippen LogP contribution in [0.4, 0.5) is 13.2 Å². The van der Waals surface area contributed by atoms with Crippen LogP contribution in [0.15, 0.2) is 36.4 Å². The number of methoxy groups -OCH3 is 1. The van der Waals surface area contributed by atoms with Crippen molar-refractivity contribution in [2.75, 3.05) is 7.11 Å². The Morgan fingerprint density at radius 3 is 2.26 bits per heavy atom. The first kappa shape index (κ1) is 13.4.